The van der Waals surface area contributed by atoms with E-state index in [1.54, 1.807) is 0 Å². The highest BCUT2D eigenvalue weighted by molar-refractivity contribution is 14.1. The highest BCUT2D eigenvalue weighted by atomic mass is 127. The van der Waals surface area contributed by atoms with Gasteiger partial charge in [0, 0.05) is 34.2 Å². The van der Waals surface area contributed by atoms with Crippen molar-refractivity contribution in [1.82, 2.24) is 4.57 Å². The molecule has 0 bridgehead atoms. The standard InChI is InChI=1S/C14H17IN2/c1-10-8-12(11(2)17(10)3)9-16-14-7-5-4-6-13(14)15/h4-8,16H,9H2,1-3H3. The molecule has 0 unspecified atom stereocenters. The van der Waals surface area contributed by atoms with Crippen LogP contribution >= 0.6 is 22.6 Å². The third kappa shape index (κ3) is 2.65. The van der Waals surface area contributed by atoms with Gasteiger partial charge in [0.15, 0.2) is 0 Å². The zero-order valence-corrected chi connectivity index (χ0v) is 12.6. The lowest BCUT2D eigenvalue weighted by molar-refractivity contribution is 0.837. The highest BCUT2D eigenvalue weighted by Crippen LogP contribution is 2.19. The molecule has 0 aliphatic carbocycles. The predicted octanol–water partition coefficient (Wildman–Crippen LogP) is 3.86. The van der Waals surface area contributed by atoms with E-state index in [0.29, 0.717) is 0 Å². The molecule has 1 aromatic heterocycles. The zero-order valence-electron chi connectivity index (χ0n) is 10.4. The number of hydrogen-bond donors (Lipinski definition) is 1. The normalized spacial score (nSPS) is 10.6. The lowest BCUT2D eigenvalue weighted by Crippen LogP contribution is -2.02. The van der Waals surface area contributed by atoms with Gasteiger partial charge in [-0.2, -0.15) is 0 Å². The molecule has 0 aliphatic rings. The number of anilines is 1. The van der Waals surface area contributed by atoms with Gasteiger partial charge in [-0.25, -0.2) is 0 Å². The minimum Gasteiger partial charge on any atom is -0.380 e. The maximum absolute atomic E-state index is 3.49. The third-order valence-corrected chi connectivity index (χ3v) is 4.16. The van der Waals surface area contributed by atoms with Crippen molar-refractivity contribution in [3.8, 4) is 0 Å². The first-order valence-electron chi connectivity index (χ1n) is 5.70. The molecule has 0 aliphatic heterocycles. The van der Waals surface area contributed by atoms with Crippen LogP contribution in [0.25, 0.3) is 0 Å². The molecule has 90 valence electrons. The van der Waals surface area contributed by atoms with Crippen molar-refractivity contribution >= 4 is 28.3 Å². The van der Waals surface area contributed by atoms with Gasteiger partial charge in [0.25, 0.3) is 0 Å². The second-order valence-corrected chi connectivity index (χ2v) is 5.45. The molecule has 0 spiro atoms. The van der Waals surface area contributed by atoms with Crippen LogP contribution in [0.3, 0.4) is 0 Å². The Kier molecular flexibility index (Phi) is 3.76. The third-order valence-electron chi connectivity index (χ3n) is 3.22. The van der Waals surface area contributed by atoms with Crippen LogP contribution in [0.4, 0.5) is 5.69 Å². The zero-order chi connectivity index (χ0) is 12.4. The maximum atomic E-state index is 3.49. The summed E-state index contributed by atoms with van der Waals surface area (Å²) in [6.07, 6.45) is 0. The molecule has 1 heterocycles. The van der Waals surface area contributed by atoms with Crippen LogP contribution in [0.1, 0.15) is 17.0 Å². The molecule has 0 saturated heterocycles. The Bertz CT molecular complexity index is 529. The average molecular weight is 340 g/mol. The van der Waals surface area contributed by atoms with Gasteiger partial charge in [-0.3, -0.25) is 0 Å². The van der Waals surface area contributed by atoms with Crippen LogP contribution in [0.2, 0.25) is 0 Å². The Balaban J connectivity index is 2.13. The number of nitrogens with zero attached hydrogens (tertiary/aromatic N) is 1. The highest BCUT2D eigenvalue weighted by Gasteiger charge is 2.06. The van der Waals surface area contributed by atoms with Crippen LogP contribution in [-0.2, 0) is 13.6 Å². The van der Waals surface area contributed by atoms with Crippen molar-refractivity contribution in [1.29, 1.82) is 0 Å². The number of benzene rings is 1. The fraction of sp³-hybridized carbons (Fsp3) is 0.286. The second-order valence-electron chi connectivity index (χ2n) is 4.29. The van der Waals surface area contributed by atoms with E-state index < -0.39 is 0 Å². The number of aromatic nitrogens is 1. The van der Waals surface area contributed by atoms with E-state index >= 15 is 0 Å². The van der Waals surface area contributed by atoms with E-state index in [-0.39, 0.29) is 0 Å². The average Bonchev–Trinajstić information content (AvgIpc) is 2.56. The number of para-hydroxylation sites is 1. The van der Waals surface area contributed by atoms with Crippen LogP contribution < -0.4 is 5.32 Å². The van der Waals surface area contributed by atoms with Crippen molar-refractivity contribution in [2.75, 3.05) is 5.32 Å². The fourth-order valence-corrected chi connectivity index (χ4v) is 2.49. The van der Waals surface area contributed by atoms with Crippen LogP contribution in [-0.4, -0.2) is 4.57 Å². The molecular weight excluding hydrogens is 323 g/mol. The number of halogens is 1. The molecule has 2 aromatic rings. The van der Waals surface area contributed by atoms with Gasteiger partial charge >= 0.3 is 0 Å². The molecular formula is C14H17IN2. The van der Waals surface area contributed by atoms with Crippen molar-refractivity contribution < 1.29 is 0 Å². The van der Waals surface area contributed by atoms with Crippen molar-refractivity contribution in [3.05, 3.63) is 50.9 Å². The lowest BCUT2D eigenvalue weighted by atomic mass is 10.2. The molecule has 3 heteroatoms. The smallest absolute Gasteiger partial charge is 0.0478 e. The number of hydrogen-bond acceptors (Lipinski definition) is 1. The fourth-order valence-electron chi connectivity index (χ4n) is 1.91. The molecule has 0 saturated carbocycles. The first-order valence-corrected chi connectivity index (χ1v) is 6.77. The Labute approximate surface area is 116 Å². The Morgan fingerprint density at radius 2 is 1.94 bits per heavy atom. The summed E-state index contributed by atoms with van der Waals surface area (Å²) in [7, 11) is 2.11. The van der Waals surface area contributed by atoms with Crippen LogP contribution in [0.5, 0.6) is 0 Å². The van der Waals surface area contributed by atoms with Crippen molar-refractivity contribution in [2.45, 2.75) is 20.4 Å². The summed E-state index contributed by atoms with van der Waals surface area (Å²) in [4.78, 5) is 0. The molecule has 0 atom stereocenters. The minimum atomic E-state index is 0.882. The molecule has 2 nitrogen and oxygen atoms in total. The monoisotopic (exact) mass is 340 g/mol. The summed E-state index contributed by atoms with van der Waals surface area (Å²) in [6.45, 7) is 5.19. The van der Waals surface area contributed by atoms with Gasteiger partial charge in [-0.15, -0.1) is 0 Å². The van der Waals surface area contributed by atoms with E-state index in [0.717, 1.165) is 6.54 Å². The molecule has 0 radical (unpaired) electrons. The van der Waals surface area contributed by atoms with Gasteiger partial charge in [0.1, 0.15) is 0 Å². The molecule has 1 N–H and O–H groups in total. The van der Waals surface area contributed by atoms with Gasteiger partial charge in [0.2, 0.25) is 0 Å². The largest absolute Gasteiger partial charge is 0.380 e. The SMILES string of the molecule is Cc1cc(CNc2ccccc2I)c(C)n1C. The van der Waals surface area contributed by atoms with E-state index in [1.165, 1.54) is 26.2 Å². The Morgan fingerprint density at radius 1 is 1.24 bits per heavy atom. The number of rotatable bonds is 3. The molecule has 17 heavy (non-hydrogen) atoms. The van der Waals surface area contributed by atoms with E-state index in [9.17, 15) is 0 Å². The first kappa shape index (κ1) is 12.5. The molecule has 0 amide bonds. The summed E-state index contributed by atoms with van der Waals surface area (Å²) < 4.78 is 3.49. The van der Waals surface area contributed by atoms with E-state index in [2.05, 4.69) is 83.7 Å². The molecule has 1 aromatic carbocycles. The minimum absolute atomic E-state index is 0.882. The summed E-state index contributed by atoms with van der Waals surface area (Å²) in [6, 6.07) is 10.6. The van der Waals surface area contributed by atoms with Gasteiger partial charge in [-0.1, -0.05) is 12.1 Å². The van der Waals surface area contributed by atoms with Gasteiger partial charge in [-0.05, 0) is 60.2 Å². The molecule has 2 rings (SSSR count). The summed E-state index contributed by atoms with van der Waals surface area (Å²) in [5.41, 5.74) is 5.21. The van der Waals surface area contributed by atoms with E-state index in [4.69, 9.17) is 0 Å². The first-order chi connectivity index (χ1) is 8.09. The lowest BCUT2D eigenvalue weighted by Gasteiger charge is -2.08. The summed E-state index contributed by atoms with van der Waals surface area (Å²) in [5.74, 6) is 0. The summed E-state index contributed by atoms with van der Waals surface area (Å²) >= 11 is 2.36. The molecule has 0 fully saturated rings. The topological polar surface area (TPSA) is 17.0 Å². The van der Waals surface area contributed by atoms with E-state index in [1.807, 2.05) is 0 Å². The quantitative estimate of drug-likeness (QED) is 0.840. The van der Waals surface area contributed by atoms with Crippen molar-refractivity contribution in [2.24, 2.45) is 7.05 Å². The number of nitrogens with one attached hydrogen (secondary N) is 1. The maximum Gasteiger partial charge on any atom is 0.0478 e. The van der Waals surface area contributed by atoms with Crippen molar-refractivity contribution in [3.63, 3.8) is 0 Å². The Hall–Kier alpha value is -0.970. The number of aryl methyl sites for hydroxylation is 1. The second kappa shape index (κ2) is 5.12. The van der Waals surface area contributed by atoms with Crippen LogP contribution in [0, 0.1) is 17.4 Å². The summed E-state index contributed by atoms with van der Waals surface area (Å²) in [5, 5.41) is 3.49. The Morgan fingerprint density at radius 3 is 2.53 bits per heavy atom. The van der Waals surface area contributed by atoms with Gasteiger partial charge in [0.05, 0.1) is 0 Å². The predicted molar refractivity (Wildman–Crippen MR) is 81.4 cm³/mol. The van der Waals surface area contributed by atoms with Crippen LogP contribution in [0.15, 0.2) is 30.3 Å². The van der Waals surface area contributed by atoms with Gasteiger partial charge < -0.3 is 9.88 Å².